The number of anilines is 1. The lowest BCUT2D eigenvalue weighted by Crippen LogP contribution is -1.94. The van der Waals surface area contributed by atoms with Gasteiger partial charge in [0.2, 0.25) is 0 Å². The Morgan fingerprint density at radius 1 is 1.42 bits per heavy atom. The molecule has 0 aromatic carbocycles. The maximum Gasteiger partial charge on any atom is 0.164 e. The molecule has 1 N–H and O–H groups in total. The molecule has 2 nitrogen and oxygen atoms in total. The molecule has 68 valence electrons. The summed E-state index contributed by atoms with van der Waals surface area (Å²) in [7, 11) is 1.68. The average Bonchev–Trinajstić information content (AvgIpc) is 2.13. The van der Waals surface area contributed by atoms with E-state index in [4.69, 9.17) is 0 Å². The van der Waals surface area contributed by atoms with E-state index in [-0.39, 0.29) is 5.82 Å². The van der Waals surface area contributed by atoms with Gasteiger partial charge in [0.1, 0.15) is 0 Å². The van der Waals surface area contributed by atoms with Crippen molar-refractivity contribution in [2.24, 2.45) is 0 Å². The second-order valence-corrected chi connectivity index (χ2v) is 2.06. The Labute approximate surface area is 72.8 Å². The van der Waals surface area contributed by atoms with Crippen molar-refractivity contribution in [1.82, 2.24) is 4.98 Å². The van der Waals surface area contributed by atoms with Crippen molar-refractivity contribution in [1.29, 1.82) is 0 Å². The zero-order valence-corrected chi connectivity index (χ0v) is 7.98. The molecule has 0 spiro atoms. The SMILES string of the molecule is CC.CNc1cc(C)ncc1F. The second kappa shape index (κ2) is 5.52. The maximum absolute atomic E-state index is 12.6. The highest BCUT2D eigenvalue weighted by Crippen LogP contribution is 2.11. The van der Waals surface area contributed by atoms with Gasteiger partial charge in [0.05, 0.1) is 11.9 Å². The van der Waals surface area contributed by atoms with Crippen LogP contribution in [0.3, 0.4) is 0 Å². The van der Waals surface area contributed by atoms with Crippen LogP contribution in [-0.2, 0) is 0 Å². The molecule has 0 amide bonds. The number of nitrogens with one attached hydrogen (secondary N) is 1. The van der Waals surface area contributed by atoms with E-state index in [9.17, 15) is 4.39 Å². The fourth-order valence-corrected chi connectivity index (χ4v) is 0.735. The normalized spacial score (nSPS) is 8.42. The number of hydrogen-bond donors (Lipinski definition) is 1. The highest BCUT2D eigenvalue weighted by atomic mass is 19.1. The first-order valence-corrected chi connectivity index (χ1v) is 4.04. The lowest BCUT2D eigenvalue weighted by Gasteiger charge is -2.00. The van der Waals surface area contributed by atoms with Gasteiger partial charge < -0.3 is 5.32 Å². The van der Waals surface area contributed by atoms with Crippen LogP contribution in [0.1, 0.15) is 19.5 Å². The topological polar surface area (TPSA) is 24.9 Å². The van der Waals surface area contributed by atoms with Crippen LogP contribution in [0.2, 0.25) is 0 Å². The quantitative estimate of drug-likeness (QED) is 0.700. The van der Waals surface area contributed by atoms with Gasteiger partial charge in [-0.2, -0.15) is 0 Å². The van der Waals surface area contributed by atoms with E-state index < -0.39 is 0 Å². The van der Waals surface area contributed by atoms with Gasteiger partial charge in [0.15, 0.2) is 5.82 Å². The Hall–Kier alpha value is -1.12. The Morgan fingerprint density at radius 2 is 2.00 bits per heavy atom. The molecule has 0 aliphatic carbocycles. The van der Waals surface area contributed by atoms with Gasteiger partial charge in [-0.05, 0) is 13.0 Å². The van der Waals surface area contributed by atoms with Gasteiger partial charge in [-0.3, -0.25) is 4.98 Å². The summed E-state index contributed by atoms with van der Waals surface area (Å²) < 4.78 is 12.6. The largest absolute Gasteiger partial charge is 0.386 e. The lowest BCUT2D eigenvalue weighted by atomic mass is 10.3. The summed E-state index contributed by atoms with van der Waals surface area (Å²) in [6.45, 7) is 5.82. The number of aryl methyl sites for hydroxylation is 1. The fourth-order valence-electron chi connectivity index (χ4n) is 0.735. The molecule has 0 saturated heterocycles. The molecular formula is C9H15FN2. The van der Waals surface area contributed by atoms with Crippen LogP contribution < -0.4 is 5.32 Å². The van der Waals surface area contributed by atoms with E-state index in [1.165, 1.54) is 6.20 Å². The Balaban J connectivity index is 0.000000561. The molecule has 0 bridgehead atoms. The minimum absolute atomic E-state index is 0.312. The molecule has 12 heavy (non-hydrogen) atoms. The van der Waals surface area contributed by atoms with Crippen molar-refractivity contribution in [3.8, 4) is 0 Å². The van der Waals surface area contributed by atoms with E-state index >= 15 is 0 Å². The van der Waals surface area contributed by atoms with Crippen LogP contribution >= 0.6 is 0 Å². The average molecular weight is 170 g/mol. The minimum Gasteiger partial charge on any atom is -0.386 e. The third-order valence-electron chi connectivity index (χ3n) is 1.26. The number of pyridine rings is 1. The summed E-state index contributed by atoms with van der Waals surface area (Å²) in [5, 5.41) is 2.72. The first-order valence-electron chi connectivity index (χ1n) is 4.04. The highest BCUT2D eigenvalue weighted by molar-refractivity contribution is 5.43. The first kappa shape index (κ1) is 10.9. The summed E-state index contributed by atoms with van der Waals surface area (Å²) in [5.41, 5.74) is 1.30. The monoisotopic (exact) mass is 170 g/mol. The number of rotatable bonds is 1. The molecule has 0 atom stereocenters. The number of halogens is 1. The molecule has 1 aromatic rings. The van der Waals surface area contributed by atoms with E-state index in [2.05, 4.69) is 10.3 Å². The predicted octanol–water partition coefficient (Wildman–Crippen LogP) is 2.60. The summed E-state index contributed by atoms with van der Waals surface area (Å²) in [5.74, 6) is -0.312. The predicted molar refractivity (Wildman–Crippen MR) is 49.8 cm³/mol. The highest BCUT2D eigenvalue weighted by Gasteiger charge is 1.98. The van der Waals surface area contributed by atoms with Crippen molar-refractivity contribution in [3.05, 3.63) is 23.8 Å². The molecule has 0 saturated carbocycles. The van der Waals surface area contributed by atoms with Gasteiger partial charge in [0.25, 0.3) is 0 Å². The van der Waals surface area contributed by atoms with Gasteiger partial charge in [-0.15, -0.1) is 0 Å². The van der Waals surface area contributed by atoms with E-state index in [0.29, 0.717) is 5.69 Å². The smallest absolute Gasteiger partial charge is 0.164 e. The summed E-state index contributed by atoms with van der Waals surface area (Å²) >= 11 is 0. The van der Waals surface area contributed by atoms with Crippen molar-refractivity contribution in [2.75, 3.05) is 12.4 Å². The Morgan fingerprint density at radius 3 is 2.42 bits per heavy atom. The van der Waals surface area contributed by atoms with E-state index in [1.807, 2.05) is 20.8 Å². The zero-order valence-electron chi connectivity index (χ0n) is 7.98. The van der Waals surface area contributed by atoms with Crippen LogP contribution in [0.5, 0.6) is 0 Å². The molecule has 3 heteroatoms. The molecule has 0 unspecified atom stereocenters. The standard InChI is InChI=1S/C7H9FN2.C2H6/c1-5-3-7(9-2)6(8)4-10-5;1-2/h3-4H,1-2H3,(H,9,10);1-2H3. The van der Waals surface area contributed by atoms with Gasteiger partial charge >= 0.3 is 0 Å². The van der Waals surface area contributed by atoms with Gasteiger partial charge in [-0.25, -0.2) is 4.39 Å². The molecule has 0 aliphatic heterocycles. The Bertz CT molecular complexity index is 236. The van der Waals surface area contributed by atoms with Crippen LogP contribution in [0.4, 0.5) is 10.1 Å². The maximum atomic E-state index is 12.6. The van der Waals surface area contributed by atoms with E-state index in [0.717, 1.165) is 5.69 Å². The molecule has 0 fully saturated rings. The molecule has 1 heterocycles. The van der Waals surface area contributed by atoms with Gasteiger partial charge in [-0.1, -0.05) is 13.8 Å². The van der Waals surface area contributed by atoms with Crippen molar-refractivity contribution in [2.45, 2.75) is 20.8 Å². The number of nitrogens with zero attached hydrogens (tertiary/aromatic N) is 1. The molecular weight excluding hydrogens is 155 g/mol. The molecule has 1 rings (SSSR count). The van der Waals surface area contributed by atoms with Crippen molar-refractivity contribution in [3.63, 3.8) is 0 Å². The van der Waals surface area contributed by atoms with Crippen LogP contribution in [-0.4, -0.2) is 12.0 Å². The van der Waals surface area contributed by atoms with E-state index in [1.54, 1.807) is 13.1 Å². The van der Waals surface area contributed by atoms with Crippen LogP contribution in [0.25, 0.3) is 0 Å². The third-order valence-corrected chi connectivity index (χ3v) is 1.26. The molecule has 1 aromatic heterocycles. The number of aromatic nitrogens is 1. The minimum atomic E-state index is -0.312. The summed E-state index contributed by atoms with van der Waals surface area (Å²) in [4.78, 5) is 3.77. The fraction of sp³-hybridized carbons (Fsp3) is 0.444. The van der Waals surface area contributed by atoms with Crippen molar-refractivity contribution < 1.29 is 4.39 Å². The zero-order chi connectivity index (χ0) is 9.56. The Kier molecular flexibility index (Phi) is 5.00. The van der Waals surface area contributed by atoms with Gasteiger partial charge in [0, 0.05) is 12.7 Å². The lowest BCUT2D eigenvalue weighted by molar-refractivity contribution is 0.624. The summed E-state index contributed by atoms with van der Waals surface area (Å²) in [6.07, 6.45) is 1.21. The van der Waals surface area contributed by atoms with Crippen LogP contribution in [0, 0.1) is 12.7 Å². The van der Waals surface area contributed by atoms with Crippen molar-refractivity contribution >= 4 is 5.69 Å². The third kappa shape index (κ3) is 2.86. The summed E-state index contributed by atoms with van der Waals surface area (Å²) in [6, 6.07) is 1.66. The van der Waals surface area contributed by atoms with Crippen LogP contribution in [0.15, 0.2) is 12.3 Å². The molecule has 0 aliphatic rings. The second-order valence-electron chi connectivity index (χ2n) is 2.06. The first-order chi connectivity index (χ1) is 5.74. The molecule has 0 radical (unpaired) electrons. The number of hydrogen-bond acceptors (Lipinski definition) is 2.